The Morgan fingerprint density at radius 1 is 0.576 bits per heavy atom. The Bertz CT molecular complexity index is 1490. The average Bonchev–Trinajstić information content (AvgIpc) is 3.06. The van der Waals surface area contributed by atoms with Crippen molar-refractivity contribution in [2.75, 3.05) is 4.90 Å². The quantitative estimate of drug-likeness (QED) is 0.279. The van der Waals surface area contributed by atoms with E-state index in [0.29, 0.717) is 0 Å². The van der Waals surface area contributed by atoms with Gasteiger partial charge in [0.2, 0.25) is 0 Å². The van der Waals surface area contributed by atoms with Crippen LogP contribution in [0.3, 0.4) is 0 Å². The minimum atomic E-state index is -0.0339. The van der Waals surface area contributed by atoms with Crippen molar-refractivity contribution in [3.63, 3.8) is 0 Å². The summed E-state index contributed by atoms with van der Waals surface area (Å²) in [5.74, 6) is 0. The smallest absolute Gasteiger partial charge is 0.0540 e. The van der Waals surface area contributed by atoms with Gasteiger partial charge in [-0.15, -0.1) is 0 Å². The molecule has 5 aromatic carbocycles. The highest BCUT2D eigenvalue weighted by atomic mass is 15.1. The number of hydrogen-bond donors (Lipinski definition) is 0. The zero-order valence-corrected chi connectivity index (χ0v) is 19.3. The van der Waals surface area contributed by atoms with Crippen molar-refractivity contribution in [1.82, 2.24) is 0 Å². The van der Waals surface area contributed by atoms with E-state index < -0.39 is 0 Å². The number of anilines is 3. The topological polar surface area (TPSA) is 3.24 Å². The van der Waals surface area contributed by atoms with Crippen LogP contribution in [-0.2, 0) is 5.41 Å². The highest BCUT2D eigenvalue weighted by Gasteiger charge is 2.36. The fourth-order valence-corrected chi connectivity index (χ4v) is 5.39. The molecular formula is C32H27N. The molecule has 0 radical (unpaired) electrons. The number of para-hydroxylation sites is 1. The zero-order chi connectivity index (χ0) is 22.6. The van der Waals surface area contributed by atoms with Gasteiger partial charge in [0, 0.05) is 22.2 Å². The second-order valence-electron chi connectivity index (χ2n) is 9.57. The Kier molecular flexibility index (Phi) is 4.41. The van der Waals surface area contributed by atoms with E-state index in [9.17, 15) is 0 Å². The lowest BCUT2D eigenvalue weighted by Crippen LogP contribution is -2.16. The van der Waals surface area contributed by atoms with Crippen LogP contribution < -0.4 is 4.90 Å². The Labute approximate surface area is 195 Å². The molecule has 0 saturated heterocycles. The van der Waals surface area contributed by atoms with E-state index in [1.807, 2.05) is 0 Å². The number of aryl methyl sites for hydroxylation is 1. The van der Waals surface area contributed by atoms with Gasteiger partial charge >= 0.3 is 0 Å². The first-order valence-electron chi connectivity index (χ1n) is 11.6. The van der Waals surface area contributed by atoms with E-state index in [-0.39, 0.29) is 5.41 Å². The standard InChI is InChI=1S/C32H27N/c1-22-16-18-27-28-19-17-25(21-30(28)32(2,3)29(27)20-22)33(24-12-5-4-6-13-24)31-15-9-11-23-10-7-8-14-26(23)31/h4-21H,1-3H3. The summed E-state index contributed by atoms with van der Waals surface area (Å²) in [6.45, 7) is 6.89. The maximum absolute atomic E-state index is 2.40. The van der Waals surface area contributed by atoms with Gasteiger partial charge in [-0.1, -0.05) is 98.3 Å². The minimum absolute atomic E-state index is 0.0339. The lowest BCUT2D eigenvalue weighted by molar-refractivity contribution is 0.660. The van der Waals surface area contributed by atoms with Crippen LogP contribution in [0, 0.1) is 6.92 Å². The van der Waals surface area contributed by atoms with Crippen molar-refractivity contribution < 1.29 is 0 Å². The first kappa shape index (κ1) is 19.8. The molecule has 1 heteroatoms. The second-order valence-corrected chi connectivity index (χ2v) is 9.57. The van der Waals surface area contributed by atoms with Crippen molar-refractivity contribution in [2.45, 2.75) is 26.2 Å². The molecule has 0 amide bonds. The third-order valence-corrected chi connectivity index (χ3v) is 7.10. The van der Waals surface area contributed by atoms with Crippen molar-refractivity contribution in [2.24, 2.45) is 0 Å². The zero-order valence-electron chi connectivity index (χ0n) is 19.3. The van der Waals surface area contributed by atoms with Crippen LogP contribution in [0.25, 0.3) is 21.9 Å². The summed E-state index contributed by atoms with van der Waals surface area (Å²) in [4.78, 5) is 2.40. The summed E-state index contributed by atoms with van der Waals surface area (Å²) in [6.07, 6.45) is 0. The van der Waals surface area contributed by atoms with Crippen LogP contribution in [0.5, 0.6) is 0 Å². The van der Waals surface area contributed by atoms with Gasteiger partial charge in [-0.25, -0.2) is 0 Å². The number of fused-ring (bicyclic) bond motifs is 4. The molecule has 1 nitrogen and oxygen atoms in total. The highest BCUT2D eigenvalue weighted by molar-refractivity contribution is 5.99. The first-order valence-corrected chi connectivity index (χ1v) is 11.6. The van der Waals surface area contributed by atoms with Crippen LogP contribution >= 0.6 is 0 Å². The minimum Gasteiger partial charge on any atom is -0.310 e. The SMILES string of the molecule is Cc1ccc2c(c1)C(C)(C)c1cc(N(c3ccccc3)c3cccc4ccccc34)ccc1-2. The molecule has 160 valence electrons. The molecule has 0 bridgehead atoms. The van der Waals surface area contributed by atoms with Gasteiger partial charge in [-0.2, -0.15) is 0 Å². The Hall–Kier alpha value is -3.84. The molecular weight excluding hydrogens is 398 g/mol. The molecule has 0 N–H and O–H groups in total. The molecule has 6 rings (SSSR count). The monoisotopic (exact) mass is 425 g/mol. The molecule has 0 heterocycles. The third kappa shape index (κ3) is 3.08. The lowest BCUT2D eigenvalue weighted by atomic mass is 9.82. The summed E-state index contributed by atoms with van der Waals surface area (Å²) < 4.78 is 0. The average molecular weight is 426 g/mol. The van der Waals surface area contributed by atoms with Gasteiger partial charge in [-0.05, 0) is 64.9 Å². The molecule has 33 heavy (non-hydrogen) atoms. The van der Waals surface area contributed by atoms with Gasteiger partial charge in [0.15, 0.2) is 0 Å². The molecule has 0 spiro atoms. The molecule has 5 aromatic rings. The highest BCUT2D eigenvalue weighted by Crippen LogP contribution is 2.51. The maximum atomic E-state index is 2.40. The summed E-state index contributed by atoms with van der Waals surface area (Å²) >= 11 is 0. The molecule has 0 unspecified atom stereocenters. The van der Waals surface area contributed by atoms with Gasteiger partial charge in [0.1, 0.15) is 0 Å². The fraction of sp³-hybridized carbons (Fsp3) is 0.125. The molecule has 0 atom stereocenters. The second kappa shape index (κ2) is 7.35. The largest absolute Gasteiger partial charge is 0.310 e. The van der Waals surface area contributed by atoms with Crippen LogP contribution in [-0.4, -0.2) is 0 Å². The van der Waals surface area contributed by atoms with E-state index in [0.717, 1.165) is 5.69 Å². The van der Waals surface area contributed by atoms with Gasteiger partial charge < -0.3 is 4.90 Å². The lowest BCUT2D eigenvalue weighted by Gasteiger charge is -2.29. The van der Waals surface area contributed by atoms with Gasteiger partial charge in [-0.3, -0.25) is 0 Å². The number of benzene rings is 5. The van der Waals surface area contributed by atoms with Crippen LogP contribution in [0.15, 0.2) is 109 Å². The molecule has 1 aliphatic carbocycles. The molecule has 0 aromatic heterocycles. The Morgan fingerprint density at radius 2 is 1.24 bits per heavy atom. The predicted octanol–water partition coefficient (Wildman–Crippen LogP) is 8.92. The van der Waals surface area contributed by atoms with Crippen molar-refractivity contribution in [3.8, 4) is 11.1 Å². The van der Waals surface area contributed by atoms with E-state index in [4.69, 9.17) is 0 Å². The molecule has 0 aliphatic heterocycles. The number of hydrogen-bond acceptors (Lipinski definition) is 1. The summed E-state index contributed by atoms with van der Waals surface area (Å²) in [5.41, 5.74) is 10.4. The number of rotatable bonds is 3. The Balaban J connectivity index is 1.59. The van der Waals surface area contributed by atoms with E-state index in [1.54, 1.807) is 0 Å². The van der Waals surface area contributed by atoms with Crippen LogP contribution in [0.4, 0.5) is 17.1 Å². The van der Waals surface area contributed by atoms with E-state index in [2.05, 4.69) is 135 Å². The molecule has 1 aliphatic rings. The normalized spacial score (nSPS) is 13.5. The molecule has 0 saturated carbocycles. The van der Waals surface area contributed by atoms with Crippen molar-refractivity contribution in [1.29, 1.82) is 0 Å². The first-order chi connectivity index (χ1) is 16.0. The van der Waals surface area contributed by atoms with Crippen LogP contribution in [0.2, 0.25) is 0 Å². The van der Waals surface area contributed by atoms with Crippen molar-refractivity contribution in [3.05, 3.63) is 126 Å². The van der Waals surface area contributed by atoms with Crippen molar-refractivity contribution >= 4 is 27.8 Å². The summed E-state index contributed by atoms with van der Waals surface area (Å²) in [6, 6.07) is 39.8. The molecule has 0 fully saturated rings. The fourth-order valence-electron chi connectivity index (χ4n) is 5.39. The summed E-state index contributed by atoms with van der Waals surface area (Å²) in [5, 5.41) is 2.50. The number of nitrogens with zero attached hydrogens (tertiary/aromatic N) is 1. The van der Waals surface area contributed by atoms with Crippen LogP contribution in [0.1, 0.15) is 30.5 Å². The van der Waals surface area contributed by atoms with E-state index in [1.165, 1.54) is 50.0 Å². The summed E-state index contributed by atoms with van der Waals surface area (Å²) in [7, 11) is 0. The predicted molar refractivity (Wildman–Crippen MR) is 141 cm³/mol. The Morgan fingerprint density at radius 3 is 2.06 bits per heavy atom. The maximum Gasteiger partial charge on any atom is 0.0540 e. The third-order valence-electron chi connectivity index (χ3n) is 7.10. The van der Waals surface area contributed by atoms with Gasteiger partial charge in [0.25, 0.3) is 0 Å². The van der Waals surface area contributed by atoms with E-state index >= 15 is 0 Å². The van der Waals surface area contributed by atoms with Gasteiger partial charge in [0.05, 0.1) is 5.69 Å².